The second-order valence-electron chi connectivity index (χ2n) is 6.06. The maximum absolute atomic E-state index is 13.3. The molecule has 0 spiro atoms. The molecule has 0 bridgehead atoms. The summed E-state index contributed by atoms with van der Waals surface area (Å²) < 4.78 is 53.7. The van der Waals surface area contributed by atoms with Gasteiger partial charge in [0.05, 0.1) is 4.90 Å². The monoisotopic (exact) mass is 402 g/mol. The highest BCUT2D eigenvalue weighted by Crippen LogP contribution is 2.19. The van der Waals surface area contributed by atoms with Crippen LogP contribution in [-0.2, 0) is 10.0 Å². The fourth-order valence-electron chi connectivity index (χ4n) is 2.46. The summed E-state index contributed by atoms with van der Waals surface area (Å²) in [5.41, 5.74) is 1.03. The zero-order valence-corrected chi connectivity index (χ0v) is 15.6. The lowest BCUT2D eigenvalue weighted by atomic mass is 10.2. The van der Waals surface area contributed by atoms with Crippen LogP contribution in [0, 0.1) is 18.6 Å². The van der Waals surface area contributed by atoms with E-state index in [1.807, 2.05) is 0 Å². The van der Waals surface area contributed by atoms with Gasteiger partial charge in [0, 0.05) is 16.9 Å². The number of benzene rings is 3. The summed E-state index contributed by atoms with van der Waals surface area (Å²) in [5.74, 6) is -1.43. The number of rotatable bonds is 5. The SMILES string of the molecule is Cc1cc(S(=O)(=O)Nc2ccc(C(=O)Nc3cccc(F)c3)cc2)ccc1F. The number of hydrogen-bond donors (Lipinski definition) is 2. The van der Waals surface area contributed by atoms with E-state index in [0.717, 1.165) is 6.07 Å². The molecule has 0 aliphatic heterocycles. The summed E-state index contributed by atoms with van der Waals surface area (Å²) >= 11 is 0. The summed E-state index contributed by atoms with van der Waals surface area (Å²) in [6.07, 6.45) is 0. The van der Waals surface area contributed by atoms with Crippen molar-refractivity contribution in [1.29, 1.82) is 0 Å². The van der Waals surface area contributed by atoms with Crippen molar-refractivity contribution in [2.24, 2.45) is 0 Å². The van der Waals surface area contributed by atoms with Gasteiger partial charge in [-0.2, -0.15) is 0 Å². The Kier molecular flexibility index (Phi) is 5.41. The highest BCUT2D eigenvalue weighted by atomic mass is 32.2. The number of halogens is 2. The number of carbonyl (C=O) groups excluding carboxylic acids is 1. The van der Waals surface area contributed by atoms with E-state index in [1.165, 1.54) is 61.5 Å². The van der Waals surface area contributed by atoms with Crippen molar-refractivity contribution in [3.05, 3.63) is 89.5 Å². The van der Waals surface area contributed by atoms with Gasteiger partial charge in [0.25, 0.3) is 15.9 Å². The lowest BCUT2D eigenvalue weighted by Gasteiger charge is -2.10. The number of aryl methyl sites for hydroxylation is 1. The second-order valence-corrected chi connectivity index (χ2v) is 7.74. The molecule has 3 aromatic rings. The summed E-state index contributed by atoms with van der Waals surface area (Å²) in [7, 11) is -3.90. The van der Waals surface area contributed by atoms with Crippen LogP contribution in [0.2, 0.25) is 0 Å². The molecular formula is C20H16F2N2O3S. The van der Waals surface area contributed by atoms with E-state index >= 15 is 0 Å². The molecular weight excluding hydrogens is 386 g/mol. The molecule has 0 atom stereocenters. The maximum Gasteiger partial charge on any atom is 0.261 e. The average molecular weight is 402 g/mol. The van der Waals surface area contributed by atoms with Gasteiger partial charge in [-0.3, -0.25) is 9.52 Å². The first-order chi connectivity index (χ1) is 13.2. The molecule has 0 saturated carbocycles. The van der Waals surface area contributed by atoms with Crippen LogP contribution in [0.1, 0.15) is 15.9 Å². The standard InChI is InChI=1S/C20H16F2N2O3S/c1-13-11-18(9-10-19(13)22)28(26,27)24-16-7-5-14(6-8-16)20(25)23-17-4-2-3-15(21)12-17/h2-12,24H,1H3,(H,23,25). The summed E-state index contributed by atoms with van der Waals surface area (Å²) in [6.45, 7) is 1.47. The summed E-state index contributed by atoms with van der Waals surface area (Å²) in [5, 5.41) is 2.55. The van der Waals surface area contributed by atoms with Crippen LogP contribution < -0.4 is 10.0 Å². The Morgan fingerprint density at radius 3 is 2.25 bits per heavy atom. The Hall–Kier alpha value is -3.26. The fraction of sp³-hybridized carbons (Fsp3) is 0.0500. The molecule has 0 heterocycles. The van der Waals surface area contributed by atoms with E-state index in [4.69, 9.17) is 0 Å². The zero-order chi connectivity index (χ0) is 20.3. The first-order valence-corrected chi connectivity index (χ1v) is 9.69. The van der Waals surface area contributed by atoms with Crippen LogP contribution in [0.5, 0.6) is 0 Å². The molecule has 3 rings (SSSR count). The van der Waals surface area contributed by atoms with Crippen molar-refractivity contribution < 1.29 is 22.0 Å². The topological polar surface area (TPSA) is 75.3 Å². The Balaban J connectivity index is 1.73. The number of amides is 1. The number of anilines is 2. The van der Waals surface area contributed by atoms with Crippen molar-refractivity contribution in [3.8, 4) is 0 Å². The molecule has 5 nitrogen and oxygen atoms in total. The fourth-order valence-corrected chi connectivity index (χ4v) is 3.60. The van der Waals surface area contributed by atoms with E-state index in [2.05, 4.69) is 10.0 Å². The van der Waals surface area contributed by atoms with Gasteiger partial charge in [0.15, 0.2) is 0 Å². The van der Waals surface area contributed by atoms with Crippen molar-refractivity contribution in [2.75, 3.05) is 10.0 Å². The van der Waals surface area contributed by atoms with Gasteiger partial charge in [0.2, 0.25) is 0 Å². The van der Waals surface area contributed by atoms with Gasteiger partial charge in [-0.25, -0.2) is 17.2 Å². The van der Waals surface area contributed by atoms with Gasteiger partial charge in [-0.15, -0.1) is 0 Å². The van der Waals surface area contributed by atoms with Gasteiger partial charge < -0.3 is 5.32 Å². The van der Waals surface area contributed by atoms with Crippen LogP contribution in [0.4, 0.5) is 20.2 Å². The molecule has 0 unspecified atom stereocenters. The lowest BCUT2D eigenvalue weighted by molar-refractivity contribution is 0.102. The number of carbonyl (C=O) groups is 1. The van der Waals surface area contributed by atoms with Gasteiger partial charge in [-0.1, -0.05) is 6.07 Å². The van der Waals surface area contributed by atoms with E-state index in [-0.39, 0.29) is 21.7 Å². The zero-order valence-electron chi connectivity index (χ0n) is 14.7. The summed E-state index contributed by atoms with van der Waals surface area (Å²) in [6, 6.07) is 14.7. The largest absolute Gasteiger partial charge is 0.322 e. The molecule has 0 aromatic heterocycles. The van der Waals surface area contributed by atoms with Crippen LogP contribution >= 0.6 is 0 Å². The number of hydrogen-bond acceptors (Lipinski definition) is 3. The molecule has 28 heavy (non-hydrogen) atoms. The molecule has 0 radical (unpaired) electrons. The molecule has 0 saturated heterocycles. The minimum absolute atomic E-state index is 0.0701. The predicted molar refractivity (Wildman–Crippen MR) is 103 cm³/mol. The quantitative estimate of drug-likeness (QED) is 0.667. The Bertz CT molecular complexity index is 1130. The molecule has 0 fully saturated rings. The van der Waals surface area contributed by atoms with E-state index in [9.17, 15) is 22.0 Å². The molecule has 8 heteroatoms. The molecule has 2 N–H and O–H groups in total. The van der Waals surface area contributed by atoms with Crippen LogP contribution in [0.3, 0.4) is 0 Å². The van der Waals surface area contributed by atoms with Crippen molar-refractivity contribution >= 4 is 27.3 Å². The van der Waals surface area contributed by atoms with E-state index in [0.29, 0.717) is 5.69 Å². The van der Waals surface area contributed by atoms with Gasteiger partial charge in [0.1, 0.15) is 11.6 Å². The molecule has 1 amide bonds. The third-order valence-electron chi connectivity index (χ3n) is 3.92. The highest BCUT2D eigenvalue weighted by molar-refractivity contribution is 7.92. The summed E-state index contributed by atoms with van der Waals surface area (Å²) in [4.78, 5) is 12.1. The number of sulfonamides is 1. The lowest BCUT2D eigenvalue weighted by Crippen LogP contribution is -2.14. The Morgan fingerprint density at radius 1 is 0.893 bits per heavy atom. The maximum atomic E-state index is 13.3. The minimum Gasteiger partial charge on any atom is -0.322 e. The third kappa shape index (κ3) is 4.52. The van der Waals surface area contributed by atoms with Crippen molar-refractivity contribution in [3.63, 3.8) is 0 Å². The Labute approximate surface area is 161 Å². The van der Waals surface area contributed by atoms with E-state index < -0.39 is 27.6 Å². The van der Waals surface area contributed by atoms with Gasteiger partial charge in [-0.05, 0) is 73.2 Å². The first kappa shape index (κ1) is 19.5. The highest BCUT2D eigenvalue weighted by Gasteiger charge is 2.16. The molecule has 0 aliphatic carbocycles. The third-order valence-corrected chi connectivity index (χ3v) is 5.30. The minimum atomic E-state index is -3.90. The van der Waals surface area contributed by atoms with E-state index in [1.54, 1.807) is 6.07 Å². The van der Waals surface area contributed by atoms with Crippen LogP contribution in [0.25, 0.3) is 0 Å². The smallest absolute Gasteiger partial charge is 0.261 e. The second kappa shape index (κ2) is 7.77. The average Bonchev–Trinajstić information content (AvgIpc) is 2.64. The molecule has 3 aromatic carbocycles. The first-order valence-electron chi connectivity index (χ1n) is 8.20. The predicted octanol–water partition coefficient (Wildman–Crippen LogP) is 4.33. The molecule has 0 aliphatic rings. The molecule has 144 valence electrons. The number of nitrogens with one attached hydrogen (secondary N) is 2. The van der Waals surface area contributed by atoms with Crippen molar-refractivity contribution in [1.82, 2.24) is 0 Å². The Morgan fingerprint density at radius 2 is 1.61 bits per heavy atom. The normalized spacial score (nSPS) is 11.1. The van der Waals surface area contributed by atoms with Crippen molar-refractivity contribution in [2.45, 2.75) is 11.8 Å². The van der Waals surface area contributed by atoms with Gasteiger partial charge >= 0.3 is 0 Å². The van der Waals surface area contributed by atoms with Crippen LogP contribution in [0.15, 0.2) is 71.6 Å². The van der Waals surface area contributed by atoms with Crippen LogP contribution in [-0.4, -0.2) is 14.3 Å².